The van der Waals surface area contributed by atoms with Crippen LogP contribution in [0.5, 0.6) is 5.75 Å². The van der Waals surface area contributed by atoms with Crippen LogP contribution in [0.25, 0.3) is 11.3 Å². The highest BCUT2D eigenvalue weighted by Gasteiger charge is 2.17. The smallest absolute Gasteiger partial charge is 0.262 e. The summed E-state index contributed by atoms with van der Waals surface area (Å²) in [5.41, 5.74) is 2.45. The molecular formula is C26H22BrN3O3S2. The van der Waals surface area contributed by atoms with Gasteiger partial charge < -0.3 is 15.4 Å². The second-order valence-electron chi connectivity index (χ2n) is 7.47. The number of carbonyl (C=O) groups is 2. The van der Waals surface area contributed by atoms with Gasteiger partial charge in [0.05, 0.1) is 10.9 Å². The zero-order valence-electron chi connectivity index (χ0n) is 18.7. The Morgan fingerprint density at radius 3 is 2.57 bits per heavy atom. The van der Waals surface area contributed by atoms with E-state index in [1.807, 2.05) is 73.0 Å². The van der Waals surface area contributed by atoms with Gasteiger partial charge in [-0.15, -0.1) is 23.1 Å². The van der Waals surface area contributed by atoms with Crippen LogP contribution in [0.15, 0.2) is 93.6 Å². The van der Waals surface area contributed by atoms with Gasteiger partial charge in [0.25, 0.3) is 5.91 Å². The summed E-state index contributed by atoms with van der Waals surface area (Å²) in [6.07, 6.45) is 0. The Bertz CT molecular complexity index is 1300. The van der Waals surface area contributed by atoms with Gasteiger partial charge in [-0.3, -0.25) is 9.59 Å². The van der Waals surface area contributed by atoms with E-state index < -0.39 is 0 Å². The molecule has 1 unspecified atom stereocenters. The first-order chi connectivity index (χ1) is 17.0. The Balaban J connectivity index is 1.29. The van der Waals surface area contributed by atoms with Crippen LogP contribution >= 0.6 is 39.0 Å². The fourth-order valence-electron chi connectivity index (χ4n) is 3.06. The van der Waals surface area contributed by atoms with Crippen molar-refractivity contribution in [3.63, 3.8) is 0 Å². The number of amides is 2. The molecule has 0 aliphatic carbocycles. The average Bonchev–Trinajstić information content (AvgIpc) is 3.32. The second-order valence-corrected chi connectivity index (χ2v) is 10.7. The highest BCUT2D eigenvalue weighted by atomic mass is 79.9. The quantitative estimate of drug-likeness (QED) is 0.220. The first-order valence-corrected chi connectivity index (χ1v) is 13.3. The number of nitrogens with one attached hydrogen (secondary N) is 2. The van der Waals surface area contributed by atoms with E-state index in [4.69, 9.17) is 4.74 Å². The summed E-state index contributed by atoms with van der Waals surface area (Å²) in [5.74, 6) is 0.237. The molecule has 4 aromatic rings. The van der Waals surface area contributed by atoms with E-state index in [9.17, 15) is 9.59 Å². The van der Waals surface area contributed by atoms with Gasteiger partial charge in [0.2, 0.25) is 5.91 Å². The van der Waals surface area contributed by atoms with Crippen molar-refractivity contribution >= 4 is 61.7 Å². The number of thiazole rings is 1. The summed E-state index contributed by atoms with van der Waals surface area (Å²) in [6, 6.07) is 24.4. The number of halogens is 1. The van der Waals surface area contributed by atoms with Crippen molar-refractivity contribution < 1.29 is 14.3 Å². The molecular weight excluding hydrogens is 546 g/mol. The number of benzene rings is 3. The van der Waals surface area contributed by atoms with Crippen LogP contribution in [0.3, 0.4) is 0 Å². The molecule has 3 aromatic carbocycles. The maximum Gasteiger partial charge on any atom is 0.262 e. The summed E-state index contributed by atoms with van der Waals surface area (Å²) in [4.78, 5) is 30.4. The predicted molar refractivity (Wildman–Crippen MR) is 146 cm³/mol. The number of carbonyl (C=O) groups excluding carboxylic acids is 2. The van der Waals surface area contributed by atoms with Crippen LogP contribution in [0.2, 0.25) is 0 Å². The molecule has 4 rings (SSSR count). The Morgan fingerprint density at radius 2 is 1.80 bits per heavy atom. The number of hydrogen-bond acceptors (Lipinski definition) is 6. The number of thioether (sulfide) groups is 1. The summed E-state index contributed by atoms with van der Waals surface area (Å²) in [5, 5.41) is 7.84. The molecule has 1 aromatic heterocycles. The van der Waals surface area contributed by atoms with Crippen LogP contribution in [-0.2, 0) is 9.59 Å². The van der Waals surface area contributed by atoms with E-state index in [-0.39, 0.29) is 23.7 Å². The number of anilines is 2. The molecule has 2 N–H and O–H groups in total. The molecule has 2 amide bonds. The summed E-state index contributed by atoms with van der Waals surface area (Å²) >= 11 is 6.22. The summed E-state index contributed by atoms with van der Waals surface area (Å²) < 4.78 is 6.48. The highest BCUT2D eigenvalue weighted by Crippen LogP contribution is 2.29. The zero-order valence-corrected chi connectivity index (χ0v) is 22.0. The molecule has 1 heterocycles. The molecule has 35 heavy (non-hydrogen) atoms. The lowest BCUT2D eigenvalue weighted by molar-refractivity contribution is -0.118. The van der Waals surface area contributed by atoms with Crippen molar-refractivity contribution in [2.75, 3.05) is 17.2 Å². The van der Waals surface area contributed by atoms with Crippen LogP contribution < -0.4 is 15.4 Å². The number of nitrogens with zero attached hydrogens (tertiary/aromatic N) is 1. The molecule has 178 valence electrons. The summed E-state index contributed by atoms with van der Waals surface area (Å²) in [6.45, 7) is 1.75. The van der Waals surface area contributed by atoms with Gasteiger partial charge in [-0.1, -0.05) is 52.3 Å². The van der Waals surface area contributed by atoms with Gasteiger partial charge >= 0.3 is 0 Å². The molecule has 9 heteroatoms. The molecule has 0 aliphatic heterocycles. The van der Waals surface area contributed by atoms with E-state index in [0.717, 1.165) is 20.6 Å². The highest BCUT2D eigenvalue weighted by molar-refractivity contribution is 9.10. The second kappa shape index (κ2) is 12.0. The Hall–Kier alpha value is -3.14. The lowest BCUT2D eigenvalue weighted by Gasteiger charge is -2.12. The topological polar surface area (TPSA) is 80.3 Å². The molecule has 0 saturated heterocycles. The zero-order chi connectivity index (χ0) is 24.6. The summed E-state index contributed by atoms with van der Waals surface area (Å²) in [7, 11) is 0. The Labute approximate surface area is 220 Å². The van der Waals surface area contributed by atoms with E-state index in [1.54, 1.807) is 18.2 Å². The largest absolute Gasteiger partial charge is 0.484 e. The van der Waals surface area contributed by atoms with Crippen molar-refractivity contribution in [1.29, 1.82) is 0 Å². The van der Waals surface area contributed by atoms with Crippen molar-refractivity contribution in [1.82, 2.24) is 4.98 Å². The van der Waals surface area contributed by atoms with Gasteiger partial charge in [-0.05, 0) is 49.4 Å². The van der Waals surface area contributed by atoms with E-state index in [0.29, 0.717) is 16.6 Å². The van der Waals surface area contributed by atoms with Crippen molar-refractivity contribution in [2.24, 2.45) is 0 Å². The number of ether oxygens (including phenoxy) is 1. The minimum atomic E-state index is -0.359. The minimum absolute atomic E-state index is 0.0871. The standard InChI is InChI=1S/C26H22BrN3O3S2/c1-17(25(32)30-26-29-23(16-34-26)18-10-12-19(27)13-11-18)35-22-9-5-6-20(14-22)28-24(31)15-33-21-7-3-2-4-8-21/h2-14,16-17H,15H2,1H3,(H,28,31)(H,29,30,32). The molecule has 0 radical (unpaired) electrons. The number of para-hydroxylation sites is 1. The Morgan fingerprint density at radius 1 is 1.03 bits per heavy atom. The minimum Gasteiger partial charge on any atom is -0.484 e. The SMILES string of the molecule is CC(Sc1cccc(NC(=O)COc2ccccc2)c1)C(=O)Nc1nc(-c2ccc(Br)cc2)cs1. The predicted octanol–water partition coefficient (Wildman–Crippen LogP) is 6.71. The van der Waals surface area contributed by atoms with Crippen LogP contribution in [-0.4, -0.2) is 28.7 Å². The third-order valence-electron chi connectivity index (χ3n) is 4.79. The van der Waals surface area contributed by atoms with Crippen molar-refractivity contribution in [3.8, 4) is 17.0 Å². The third-order valence-corrected chi connectivity index (χ3v) is 7.17. The fourth-order valence-corrected chi connectivity index (χ4v) is 4.97. The first kappa shape index (κ1) is 25.0. The fraction of sp³-hybridized carbons (Fsp3) is 0.115. The first-order valence-electron chi connectivity index (χ1n) is 10.7. The monoisotopic (exact) mass is 567 g/mol. The van der Waals surface area contributed by atoms with Crippen molar-refractivity contribution in [2.45, 2.75) is 17.1 Å². The van der Waals surface area contributed by atoms with Gasteiger partial charge in [-0.2, -0.15) is 0 Å². The van der Waals surface area contributed by atoms with Gasteiger partial charge in [0, 0.05) is 26.0 Å². The number of aromatic nitrogens is 1. The Kier molecular flexibility index (Phi) is 8.57. The van der Waals surface area contributed by atoms with E-state index in [1.165, 1.54) is 23.1 Å². The van der Waals surface area contributed by atoms with Gasteiger partial charge in [0.1, 0.15) is 5.75 Å². The lowest BCUT2D eigenvalue weighted by atomic mass is 10.2. The number of hydrogen-bond donors (Lipinski definition) is 2. The van der Waals surface area contributed by atoms with Crippen LogP contribution in [0.1, 0.15) is 6.92 Å². The number of rotatable bonds is 9. The van der Waals surface area contributed by atoms with Gasteiger partial charge in [-0.25, -0.2) is 4.98 Å². The molecule has 0 saturated carbocycles. The third kappa shape index (κ3) is 7.42. The van der Waals surface area contributed by atoms with E-state index >= 15 is 0 Å². The average molecular weight is 569 g/mol. The normalized spacial score (nSPS) is 11.5. The maximum atomic E-state index is 12.7. The molecule has 0 aliphatic rings. The maximum absolute atomic E-state index is 12.7. The molecule has 0 spiro atoms. The van der Waals surface area contributed by atoms with Crippen molar-refractivity contribution in [3.05, 3.63) is 88.7 Å². The molecule has 0 fully saturated rings. The molecule has 0 bridgehead atoms. The van der Waals surface area contributed by atoms with E-state index in [2.05, 4.69) is 31.5 Å². The molecule has 1 atom stereocenters. The lowest BCUT2D eigenvalue weighted by Crippen LogP contribution is -2.22. The molecule has 6 nitrogen and oxygen atoms in total. The van der Waals surface area contributed by atoms with Crippen LogP contribution in [0, 0.1) is 0 Å². The van der Waals surface area contributed by atoms with Gasteiger partial charge in [0.15, 0.2) is 11.7 Å². The van der Waals surface area contributed by atoms with Crippen LogP contribution in [0.4, 0.5) is 10.8 Å².